The lowest BCUT2D eigenvalue weighted by Crippen LogP contribution is -2.37. The standard InChI is InChI=1S/C30H28ClF3N2O6/c1-40-24-12-22(13-25(14-24)41-16-17-10-20(11-17)29(38)39)35-27(19-2-5-21(31)6-3-19)28(37)36-9-8-18-4-7-23(15-26(18)36)42-30(32,33)34/h2-7,12-15,17,20,27,35H,8-11,16H2,1H3,(H,38,39)/t17-,20+,27?. The quantitative estimate of drug-likeness (QED) is 0.273. The number of halogens is 4. The first-order valence-electron chi connectivity index (χ1n) is 13.3. The fraction of sp³-hybridized carbons (Fsp3) is 0.333. The highest BCUT2D eigenvalue weighted by atomic mass is 35.5. The normalized spacial score (nSPS) is 18.5. The summed E-state index contributed by atoms with van der Waals surface area (Å²) < 4.78 is 54.1. The summed E-state index contributed by atoms with van der Waals surface area (Å²) in [6.07, 6.45) is -3.30. The molecule has 1 heterocycles. The van der Waals surface area contributed by atoms with Crippen LogP contribution in [0.4, 0.5) is 24.5 Å². The van der Waals surface area contributed by atoms with Gasteiger partial charge in [0.2, 0.25) is 0 Å². The van der Waals surface area contributed by atoms with Gasteiger partial charge in [-0.1, -0.05) is 29.8 Å². The van der Waals surface area contributed by atoms with Gasteiger partial charge in [-0.15, -0.1) is 13.2 Å². The summed E-state index contributed by atoms with van der Waals surface area (Å²) in [7, 11) is 1.50. The number of carboxylic acids is 1. The third kappa shape index (κ3) is 6.84. The maximum atomic E-state index is 14.0. The van der Waals surface area contributed by atoms with Crippen molar-refractivity contribution in [2.24, 2.45) is 11.8 Å². The number of anilines is 2. The largest absolute Gasteiger partial charge is 0.573 e. The van der Waals surface area contributed by atoms with Gasteiger partial charge in [0.15, 0.2) is 0 Å². The lowest BCUT2D eigenvalue weighted by Gasteiger charge is -2.32. The number of methoxy groups -OCH3 is 1. The first kappa shape index (κ1) is 29.4. The number of rotatable bonds is 10. The zero-order valence-electron chi connectivity index (χ0n) is 22.5. The molecule has 3 aromatic rings. The highest BCUT2D eigenvalue weighted by Gasteiger charge is 2.36. The van der Waals surface area contributed by atoms with Crippen LogP contribution in [0.2, 0.25) is 5.02 Å². The van der Waals surface area contributed by atoms with Crippen LogP contribution in [0.1, 0.15) is 30.0 Å². The minimum atomic E-state index is -4.86. The number of carboxylic acid groups (broad SMARTS) is 1. The molecule has 0 spiro atoms. The Morgan fingerprint density at radius 1 is 1.05 bits per heavy atom. The van der Waals surface area contributed by atoms with Crippen molar-refractivity contribution in [2.75, 3.05) is 30.5 Å². The molecule has 0 bridgehead atoms. The van der Waals surface area contributed by atoms with Crippen molar-refractivity contribution in [3.63, 3.8) is 0 Å². The van der Waals surface area contributed by atoms with Crippen LogP contribution in [0.25, 0.3) is 0 Å². The number of fused-ring (bicyclic) bond motifs is 1. The summed E-state index contributed by atoms with van der Waals surface area (Å²) in [5.41, 5.74) is 2.16. The Hall–Kier alpha value is -4.12. The Balaban J connectivity index is 1.40. The smallest absolute Gasteiger partial charge is 0.497 e. The van der Waals surface area contributed by atoms with Crippen molar-refractivity contribution in [2.45, 2.75) is 31.7 Å². The van der Waals surface area contributed by atoms with Crippen molar-refractivity contribution in [1.29, 1.82) is 0 Å². The van der Waals surface area contributed by atoms with Gasteiger partial charge in [-0.2, -0.15) is 0 Å². The zero-order valence-corrected chi connectivity index (χ0v) is 23.2. The van der Waals surface area contributed by atoms with Crippen LogP contribution in [-0.4, -0.2) is 43.6 Å². The second-order valence-corrected chi connectivity index (χ2v) is 10.7. The minimum Gasteiger partial charge on any atom is -0.497 e. The SMILES string of the molecule is COc1cc(NC(C(=O)N2CCc3ccc(OC(F)(F)F)cc32)c2ccc(Cl)cc2)cc(OC[C@H]2C[C@@H](C(=O)O)C2)c1. The van der Waals surface area contributed by atoms with E-state index in [4.69, 9.17) is 26.2 Å². The third-order valence-corrected chi connectivity index (χ3v) is 7.65. The Bertz CT molecular complexity index is 1460. The number of benzene rings is 3. The highest BCUT2D eigenvalue weighted by molar-refractivity contribution is 6.30. The van der Waals surface area contributed by atoms with E-state index in [-0.39, 0.29) is 24.3 Å². The molecule has 42 heavy (non-hydrogen) atoms. The molecule has 1 atom stereocenters. The third-order valence-electron chi connectivity index (χ3n) is 7.40. The number of aliphatic carboxylic acids is 1. The fourth-order valence-electron chi connectivity index (χ4n) is 5.19. The summed E-state index contributed by atoms with van der Waals surface area (Å²) in [4.78, 5) is 26.6. The molecule has 12 heteroatoms. The Kier molecular flexibility index (Phi) is 8.40. The van der Waals surface area contributed by atoms with E-state index in [1.165, 1.54) is 30.2 Å². The van der Waals surface area contributed by atoms with Crippen LogP contribution in [-0.2, 0) is 16.0 Å². The van der Waals surface area contributed by atoms with Gasteiger partial charge in [0.25, 0.3) is 5.91 Å². The molecule has 2 aliphatic rings. The Labute approximate surface area is 244 Å². The monoisotopic (exact) mass is 604 g/mol. The number of nitrogens with zero attached hydrogens (tertiary/aromatic N) is 1. The number of carbonyl (C=O) groups excluding carboxylic acids is 1. The minimum absolute atomic E-state index is 0.124. The van der Waals surface area contributed by atoms with E-state index in [0.717, 1.165) is 5.56 Å². The van der Waals surface area contributed by atoms with E-state index in [0.29, 0.717) is 59.3 Å². The van der Waals surface area contributed by atoms with Crippen molar-refractivity contribution < 1.29 is 42.1 Å². The maximum absolute atomic E-state index is 14.0. The van der Waals surface area contributed by atoms with Gasteiger partial charge in [-0.3, -0.25) is 9.59 Å². The molecule has 222 valence electrons. The lowest BCUT2D eigenvalue weighted by atomic mass is 9.75. The second kappa shape index (κ2) is 12.0. The number of nitrogens with one attached hydrogen (secondary N) is 1. The molecule has 1 fully saturated rings. The van der Waals surface area contributed by atoms with Crippen molar-refractivity contribution in [3.05, 3.63) is 76.8 Å². The topological polar surface area (TPSA) is 97.3 Å². The molecular weight excluding hydrogens is 577 g/mol. The molecule has 1 aliphatic heterocycles. The van der Waals surface area contributed by atoms with Gasteiger partial charge in [0, 0.05) is 41.5 Å². The van der Waals surface area contributed by atoms with E-state index >= 15 is 0 Å². The predicted molar refractivity (Wildman–Crippen MR) is 149 cm³/mol. The number of alkyl halides is 3. The first-order valence-corrected chi connectivity index (χ1v) is 13.6. The average Bonchev–Trinajstić information content (AvgIpc) is 3.33. The second-order valence-electron chi connectivity index (χ2n) is 10.3. The number of carbonyl (C=O) groups is 2. The number of hydrogen-bond donors (Lipinski definition) is 2. The van der Waals surface area contributed by atoms with Crippen LogP contribution >= 0.6 is 11.6 Å². The van der Waals surface area contributed by atoms with E-state index in [2.05, 4.69) is 10.1 Å². The number of amides is 1. The van der Waals surface area contributed by atoms with Crippen LogP contribution in [0.5, 0.6) is 17.2 Å². The molecule has 0 radical (unpaired) electrons. The predicted octanol–water partition coefficient (Wildman–Crippen LogP) is 6.48. The maximum Gasteiger partial charge on any atom is 0.573 e. The van der Waals surface area contributed by atoms with Gasteiger partial charge >= 0.3 is 12.3 Å². The first-order chi connectivity index (χ1) is 20.0. The van der Waals surface area contributed by atoms with E-state index in [9.17, 15) is 22.8 Å². The molecule has 1 amide bonds. The van der Waals surface area contributed by atoms with Crippen molar-refractivity contribution in [1.82, 2.24) is 0 Å². The summed E-state index contributed by atoms with van der Waals surface area (Å²) in [6, 6.07) is 14.8. The molecule has 1 saturated carbocycles. The molecule has 2 N–H and O–H groups in total. The number of hydrogen-bond acceptors (Lipinski definition) is 6. The molecule has 1 unspecified atom stereocenters. The molecule has 5 rings (SSSR count). The zero-order chi connectivity index (χ0) is 30.0. The van der Waals surface area contributed by atoms with Gasteiger partial charge in [0.05, 0.1) is 25.3 Å². The number of ether oxygens (including phenoxy) is 3. The molecule has 0 aromatic heterocycles. The van der Waals surface area contributed by atoms with Crippen LogP contribution in [0.15, 0.2) is 60.7 Å². The molecule has 8 nitrogen and oxygen atoms in total. The van der Waals surface area contributed by atoms with Crippen molar-refractivity contribution in [3.8, 4) is 17.2 Å². The van der Waals surface area contributed by atoms with Crippen molar-refractivity contribution >= 4 is 34.9 Å². The average molecular weight is 605 g/mol. The van der Waals surface area contributed by atoms with Gasteiger partial charge in [-0.25, -0.2) is 0 Å². The van der Waals surface area contributed by atoms with Crippen LogP contribution in [0.3, 0.4) is 0 Å². The molecule has 3 aromatic carbocycles. The van der Waals surface area contributed by atoms with Crippen LogP contribution in [0, 0.1) is 11.8 Å². The van der Waals surface area contributed by atoms with Crippen LogP contribution < -0.4 is 24.4 Å². The molecular formula is C30H28ClF3N2O6. The summed E-state index contributed by atoms with van der Waals surface area (Å²) in [5.74, 6) is -0.889. The van der Waals surface area contributed by atoms with E-state index in [1.54, 1.807) is 42.5 Å². The van der Waals surface area contributed by atoms with E-state index in [1.807, 2.05) is 0 Å². The Morgan fingerprint density at radius 2 is 1.76 bits per heavy atom. The van der Waals surface area contributed by atoms with Gasteiger partial charge in [-0.05, 0) is 54.5 Å². The summed E-state index contributed by atoms with van der Waals surface area (Å²) >= 11 is 6.10. The fourth-order valence-corrected chi connectivity index (χ4v) is 5.32. The van der Waals surface area contributed by atoms with E-state index < -0.39 is 24.1 Å². The Morgan fingerprint density at radius 3 is 2.43 bits per heavy atom. The lowest BCUT2D eigenvalue weighted by molar-refractivity contribution is -0.274. The molecule has 0 saturated heterocycles. The molecule has 1 aliphatic carbocycles. The highest BCUT2D eigenvalue weighted by Crippen LogP contribution is 2.38. The summed E-state index contributed by atoms with van der Waals surface area (Å²) in [5, 5.41) is 12.8. The van der Waals surface area contributed by atoms with Gasteiger partial charge < -0.3 is 29.5 Å². The summed E-state index contributed by atoms with van der Waals surface area (Å²) in [6.45, 7) is 0.615. The van der Waals surface area contributed by atoms with Gasteiger partial charge in [0.1, 0.15) is 23.3 Å².